The molecule has 1 rings (SSSR count). The number of carbonyl (C=O) groups excluding carboxylic acids is 1. The molecule has 3 heteroatoms. The van der Waals surface area contributed by atoms with Gasteiger partial charge in [-0.1, -0.05) is 0 Å². The zero-order valence-electron chi connectivity index (χ0n) is 5.82. The van der Waals surface area contributed by atoms with E-state index in [4.69, 9.17) is 0 Å². The highest BCUT2D eigenvalue weighted by atomic mass is 79.9. The Morgan fingerprint density at radius 3 is 2.73 bits per heavy atom. The highest BCUT2D eigenvalue weighted by molar-refractivity contribution is 9.10. The Hall–Kier alpha value is -0.700. The molecule has 0 N–H and O–H groups in total. The summed E-state index contributed by atoms with van der Waals surface area (Å²) >= 11 is 3.09. The molecule has 0 aliphatic carbocycles. The van der Waals surface area contributed by atoms with Gasteiger partial charge in [-0.05, 0) is 40.5 Å². The fourth-order valence-corrected chi connectivity index (χ4v) is 1.14. The van der Waals surface area contributed by atoms with E-state index in [0.29, 0.717) is 15.6 Å². The van der Waals surface area contributed by atoms with E-state index in [1.807, 2.05) is 0 Å². The summed E-state index contributed by atoms with van der Waals surface area (Å²) in [5, 5.41) is 0. The van der Waals surface area contributed by atoms with Crippen molar-refractivity contribution in [1.29, 1.82) is 0 Å². The van der Waals surface area contributed by atoms with Crippen LogP contribution in [0.1, 0.15) is 11.1 Å². The summed E-state index contributed by atoms with van der Waals surface area (Å²) in [5.41, 5.74) is 0.787. The van der Waals surface area contributed by atoms with E-state index in [9.17, 15) is 9.18 Å². The SMILES string of the molecule is Cc1c(F)ccc([C]=O)c1Br. The molecule has 57 valence electrons. The van der Waals surface area contributed by atoms with Crippen molar-refractivity contribution < 1.29 is 9.18 Å². The fraction of sp³-hybridized carbons (Fsp3) is 0.125. The molecule has 1 nitrogen and oxygen atoms in total. The predicted molar refractivity (Wildman–Crippen MR) is 43.6 cm³/mol. The van der Waals surface area contributed by atoms with Gasteiger partial charge in [0.1, 0.15) is 5.82 Å². The molecule has 0 aromatic heterocycles. The first kappa shape index (κ1) is 8.40. The lowest BCUT2D eigenvalue weighted by Crippen LogP contribution is -1.89. The monoisotopic (exact) mass is 215 g/mol. The average Bonchev–Trinajstić information content (AvgIpc) is 2.01. The Kier molecular flexibility index (Phi) is 2.39. The van der Waals surface area contributed by atoms with Crippen molar-refractivity contribution in [2.24, 2.45) is 0 Å². The van der Waals surface area contributed by atoms with E-state index in [0.717, 1.165) is 0 Å². The number of hydrogen-bond acceptors (Lipinski definition) is 1. The third-order valence-corrected chi connectivity index (χ3v) is 2.45. The van der Waals surface area contributed by atoms with Crippen molar-refractivity contribution in [3.8, 4) is 0 Å². The van der Waals surface area contributed by atoms with Crippen LogP contribution in [-0.2, 0) is 4.79 Å². The summed E-state index contributed by atoms with van der Waals surface area (Å²) in [6, 6.07) is 2.64. The third-order valence-electron chi connectivity index (χ3n) is 1.43. The largest absolute Gasteiger partial charge is 0.285 e. The molecule has 0 amide bonds. The van der Waals surface area contributed by atoms with Crippen molar-refractivity contribution in [2.75, 3.05) is 0 Å². The maximum absolute atomic E-state index is 12.7. The van der Waals surface area contributed by atoms with E-state index in [2.05, 4.69) is 15.9 Å². The molecule has 11 heavy (non-hydrogen) atoms. The van der Waals surface area contributed by atoms with Crippen LogP contribution in [0.15, 0.2) is 16.6 Å². The Labute approximate surface area is 72.4 Å². The Morgan fingerprint density at radius 1 is 1.55 bits per heavy atom. The summed E-state index contributed by atoms with van der Waals surface area (Å²) < 4.78 is 13.2. The molecular formula is C8H5BrFO. The van der Waals surface area contributed by atoms with Gasteiger partial charge in [0, 0.05) is 10.0 Å². The topological polar surface area (TPSA) is 17.1 Å². The summed E-state index contributed by atoms with van der Waals surface area (Å²) in [7, 11) is 0. The number of hydrogen-bond donors (Lipinski definition) is 0. The smallest absolute Gasteiger partial charge is 0.234 e. The summed E-state index contributed by atoms with van der Waals surface area (Å²) in [6.45, 7) is 1.60. The second kappa shape index (κ2) is 3.13. The summed E-state index contributed by atoms with van der Waals surface area (Å²) in [6.07, 6.45) is 1.70. The Morgan fingerprint density at radius 2 is 2.18 bits per heavy atom. The highest BCUT2D eigenvalue weighted by Crippen LogP contribution is 2.21. The molecule has 0 spiro atoms. The summed E-state index contributed by atoms with van der Waals surface area (Å²) in [4.78, 5) is 10.2. The van der Waals surface area contributed by atoms with E-state index in [1.54, 1.807) is 13.2 Å². The number of halogens is 2. The molecule has 0 heterocycles. The second-order valence-corrected chi connectivity index (χ2v) is 2.93. The Balaban J connectivity index is 3.36. The van der Waals surface area contributed by atoms with Gasteiger partial charge in [0.15, 0.2) is 0 Å². The van der Waals surface area contributed by atoms with Crippen molar-refractivity contribution in [2.45, 2.75) is 6.92 Å². The van der Waals surface area contributed by atoms with E-state index >= 15 is 0 Å². The fourth-order valence-electron chi connectivity index (χ4n) is 0.740. The highest BCUT2D eigenvalue weighted by Gasteiger charge is 2.06. The van der Waals surface area contributed by atoms with Gasteiger partial charge < -0.3 is 0 Å². The average molecular weight is 216 g/mol. The first-order valence-corrected chi connectivity index (χ1v) is 3.79. The minimum absolute atomic E-state index is 0.323. The molecule has 0 aliphatic rings. The maximum atomic E-state index is 12.7. The van der Waals surface area contributed by atoms with Crippen LogP contribution in [0.4, 0.5) is 4.39 Å². The zero-order valence-corrected chi connectivity index (χ0v) is 7.40. The number of benzene rings is 1. The lowest BCUT2D eigenvalue weighted by Gasteiger charge is -2.00. The molecule has 1 radical (unpaired) electrons. The Bertz CT molecular complexity index is 296. The number of rotatable bonds is 1. The van der Waals surface area contributed by atoms with Gasteiger partial charge >= 0.3 is 0 Å². The van der Waals surface area contributed by atoms with Gasteiger partial charge in [0.25, 0.3) is 0 Å². The first-order chi connectivity index (χ1) is 5.16. The predicted octanol–water partition coefficient (Wildman–Crippen LogP) is 2.35. The van der Waals surface area contributed by atoms with Gasteiger partial charge in [-0.15, -0.1) is 0 Å². The molecule has 0 saturated heterocycles. The molecule has 0 saturated carbocycles. The van der Waals surface area contributed by atoms with Crippen LogP contribution in [0.3, 0.4) is 0 Å². The van der Waals surface area contributed by atoms with Gasteiger partial charge in [0.2, 0.25) is 6.29 Å². The molecule has 0 unspecified atom stereocenters. The normalized spacial score (nSPS) is 9.73. The lowest BCUT2D eigenvalue weighted by atomic mass is 10.1. The minimum Gasteiger partial charge on any atom is -0.285 e. The van der Waals surface area contributed by atoms with Crippen LogP contribution in [0.2, 0.25) is 0 Å². The molecule has 0 fully saturated rings. The minimum atomic E-state index is -0.323. The van der Waals surface area contributed by atoms with Gasteiger partial charge in [-0.2, -0.15) is 0 Å². The van der Waals surface area contributed by atoms with E-state index in [1.165, 1.54) is 12.1 Å². The van der Waals surface area contributed by atoms with Crippen molar-refractivity contribution >= 4 is 22.2 Å². The van der Waals surface area contributed by atoms with E-state index in [-0.39, 0.29) is 5.82 Å². The quantitative estimate of drug-likeness (QED) is 0.704. The van der Waals surface area contributed by atoms with E-state index < -0.39 is 0 Å². The van der Waals surface area contributed by atoms with Crippen LogP contribution in [0.5, 0.6) is 0 Å². The molecule has 1 aromatic rings. The molecule has 0 bridgehead atoms. The van der Waals surface area contributed by atoms with Crippen molar-refractivity contribution in [1.82, 2.24) is 0 Å². The van der Waals surface area contributed by atoms with Crippen LogP contribution in [-0.4, -0.2) is 6.29 Å². The maximum Gasteiger partial charge on any atom is 0.234 e. The third kappa shape index (κ3) is 1.48. The van der Waals surface area contributed by atoms with Crippen molar-refractivity contribution in [3.63, 3.8) is 0 Å². The van der Waals surface area contributed by atoms with Crippen LogP contribution in [0, 0.1) is 12.7 Å². The standard InChI is InChI=1S/C8H5BrFO/c1-5-7(10)3-2-6(4-11)8(5)9/h2-3H,1H3. The molecular weight excluding hydrogens is 211 g/mol. The molecule has 0 atom stereocenters. The molecule has 0 aliphatic heterocycles. The second-order valence-electron chi connectivity index (χ2n) is 2.14. The zero-order chi connectivity index (χ0) is 8.43. The van der Waals surface area contributed by atoms with Crippen LogP contribution < -0.4 is 0 Å². The van der Waals surface area contributed by atoms with Gasteiger partial charge in [-0.3, -0.25) is 4.79 Å². The van der Waals surface area contributed by atoms with Gasteiger partial charge in [0.05, 0.1) is 0 Å². The lowest BCUT2D eigenvalue weighted by molar-refractivity contribution is 0.562. The van der Waals surface area contributed by atoms with Crippen LogP contribution >= 0.6 is 15.9 Å². The van der Waals surface area contributed by atoms with Crippen LogP contribution in [0.25, 0.3) is 0 Å². The van der Waals surface area contributed by atoms with Gasteiger partial charge in [-0.25, -0.2) is 4.39 Å². The molecule has 1 aromatic carbocycles. The summed E-state index contributed by atoms with van der Waals surface area (Å²) in [5.74, 6) is -0.323. The van der Waals surface area contributed by atoms with Crippen molar-refractivity contribution in [3.05, 3.63) is 33.5 Å². The first-order valence-electron chi connectivity index (χ1n) is 2.99.